The van der Waals surface area contributed by atoms with Gasteiger partial charge in [-0.05, 0) is 6.42 Å². The van der Waals surface area contributed by atoms with Crippen LogP contribution in [0.25, 0.3) is 0 Å². The lowest BCUT2D eigenvalue weighted by atomic mass is 10.1. The molecule has 11 heavy (non-hydrogen) atoms. The monoisotopic (exact) mass is 161 g/mol. The van der Waals surface area contributed by atoms with Crippen molar-refractivity contribution in [2.24, 2.45) is 0 Å². The van der Waals surface area contributed by atoms with Crippen molar-refractivity contribution in [1.82, 2.24) is 6.15 Å². The summed E-state index contributed by atoms with van der Waals surface area (Å²) in [6.07, 6.45) is 8.93. The van der Waals surface area contributed by atoms with Crippen molar-refractivity contribution in [3.8, 4) is 0 Å². The van der Waals surface area contributed by atoms with E-state index in [9.17, 15) is 0 Å². The Bertz CT molecular complexity index is 49.5. The second kappa shape index (κ2) is 12.6. The fraction of sp³-hybridized carbons (Fsp3) is 1.00. The van der Waals surface area contributed by atoms with Gasteiger partial charge < -0.3 is 11.3 Å². The van der Waals surface area contributed by atoms with Gasteiger partial charge in [0.05, 0.1) is 0 Å². The van der Waals surface area contributed by atoms with Crippen molar-refractivity contribution in [3.63, 3.8) is 0 Å². The average Bonchev–Trinajstić information content (AvgIpc) is 1.97. The molecule has 0 saturated heterocycles. The summed E-state index contributed by atoms with van der Waals surface area (Å²) in [7, 11) is 0. The Morgan fingerprint density at radius 2 is 1.27 bits per heavy atom. The Balaban J connectivity index is 0. The summed E-state index contributed by atoms with van der Waals surface area (Å²) in [5.74, 6) is 0. The molecule has 4 N–H and O–H groups in total. The molecule has 0 amide bonds. The lowest BCUT2D eigenvalue weighted by Crippen LogP contribution is -1.83. The predicted octanol–water partition coefficient (Wildman–Crippen LogP) is 2.89. The Hall–Kier alpha value is -0.0800. The molecular formula is C9H23NO. The number of hydrogen-bond donors (Lipinski definition) is 2. The summed E-state index contributed by atoms with van der Waals surface area (Å²) < 4.78 is 0. The molecule has 0 atom stereocenters. The van der Waals surface area contributed by atoms with Crippen LogP contribution in [0, 0.1) is 0 Å². The van der Waals surface area contributed by atoms with Crippen molar-refractivity contribution >= 4 is 0 Å². The molecule has 0 aliphatic rings. The zero-order valence-corrected chi connectivity index (χ0v) is 7.81. The van der Waals surface area contributed by atoms with Crippen molar-refractivity contribution in [1.29, 1.82) is 0 Å². The van der Waals surface area contributed by atoms with E-state index in [1.165, 1.54) is 38.5 Å². The van der Waals surface area contributed by atoms with Gasteiger partial charge in [-0.3, -0.25) is 0 Å². The first kappa shape index (κ1) is 13.5. The maximum atomic E-state index is 8.47. The topological polar surface area (TPSA) is 55.2 Å². The highest BCUT2D eigenvalue weighted by molar-refractivity contribution is 4.43. The first-order valence-corrected chi connectivity index (χ1v) is 4.52. The van der Waals surface area contributed by atoms with E-state index in [-0.39, 0.29) is 6.15 Å². The van der Waals surface area contributed by atoms with Crippen molar-refractivity contribution in [2.45, 2.75) is 51.9 Å². The number of unbranched alkanes of at least 4 members (excludes halogenated alkanes) is 6. The molecule has 0 aliphatic carbocycles. The van der Waals surface area contributed by atoms with Gasteiger partial charge in [-0.1, -0.05) is 45.4 Å². The zero-order valence-electron chi connectivity index (χ0n) is 7.81. The minimum absolute atomic E-state index is 0. The predicted molar refractivity (Wildman–Crippen MR) is 50.1 cm³/mol. The third-order valence-corrected chi connectivity index (χ3v) is 1.76. The molecule has 2 nitrogen and oxygen atoms in total. The molecule has 0 spiro atoms. The van der Waals surface area contributed by atoms with Crippen LogP contribution in [0.3, 0.4) is 0 Å². The van der Waals surface area contributed by atoms with E-state index in [4.69, 9.17) is 5.11 Å². The summed E-state index contributed by atoms with van der Waals surface area (Å²) in [5, 5.41) is 8.47. The third-order valence-electron chi connectivity index (χ3n) is 1.76. The highest BCUT2D eigenvalue weighted by Crippen LogP contribution is 2.05. The van der Waals surface area contributed by atoms with Crippen molar-refractivity contribution in [2.75, 3.05) is 6.61 Å². The summed E-state index contributed by atoms with van der Waals surface area (Å²) in [6, 6.07) is 0. The molecule has 70 valence electrons. The van der Waals surface area contributed by atoms with Gasteiger partial charge in [0.15, 0.2) is 0 Å². The Kier molecular flexibility index (Phi) is 15.4. The summed E-state index contributed by atoms with van der Waals surface area (Å²) in [6.45, 7) is 2.60. The van der Waals surface area contributed by atoms with Crippen LogP contribution < -0.4 is 6.15 Å². The fourth-order valence-corrected chi connectivity index (χ4v) is 1.07. The van der Waals surface area contributed by atoms with E-state index in [2.05, 4.69) is 6.92 Å². The van der Waals surface area contributed by atoms with Crippen LogP contribution >= 0.6 is 0 Å². The summed E-state index contributed by atoms with van der Waals surface area (Å²) in [5.41, 5.74) is 0. The molecule has 0 aromatic heterocycles. The van der Waals surface area contributed by atoms with Crippen LogP contribution in [-0.4, -0.2) is 11.7 Å². The number of rotatable bonds is 7. The number of aliphatic hydroxyl groups excluding tert-OH is 1. The van der Waals surface area contributed by atoms with Crippen molar-refractivity contribution in [3.05, 3.63) is 0 Å². The smallest absolute Gasteiger partial charge is 0.0431 e. The van der Waals surface area contributed by atoms with Gasteiger partial charge in [-0.2, -0.15) is 0 Å². The zero-order chi connectivity index (χ0) is 7.66. The first-order chi connectivity index (χ1) is 4.91. The second-order valence-electron chi connectivity index (χ2n) is 2.84. The van der Waals surface area contributed by atoms with Gasteiger partial charge in [0.2, 0.25) is 0 Å². The van der Waals surface area contributed by atoms with E-state index >= 15 is 0 Å². The van der Waals surface area contributed by atoms with Crippen LogP contribution in [0.5, 0.6) is 0 Å². The average molecular weight is 161 g/mol. The SMILES string of the molecule is CCCCCCCCCO.N. The summed E-state index contributed by atoms with van der Waals surface area (Å²) >= 11 is 0. The molecule has 0 fully saturated rings. The van der Waals surface area contributed by atoms with Gasteiger partial charge >= 0.3 is 0 Å². The number of hydrogen-bond acceptors (Lipinski definition) is 2. The molecule has 0 bridgehead atoms. The van der Waals surface area contributed by atoms with Crippen LogP contribution in [0.2, 0.25) is 0 Å². The van der Waals surface area contributed by atoms with Crippen LogP contribution in [-0.2, 0) is 0 Å². The minimum Gasteiger partial charge on any atom is -0.396 e. The fourth-order valence-electron chi connectivity index (χ4n) is 1.07. The third kappa shape index (κ3) is 13.0. The highest BCUT2D eigenvalue weighted by atomic mass is 16.2. The van der Waals surface area contributed by atoms with Gasteiger partial charge in [-0.15, -0.1) is 0 Å². The molecule has 0 aromatic carbocycles. The molecule has 0 radical (unpaired) electrons. The van der Waals surface area contributed by atoms with Crippen LogP contribution in [0.4, 0.5) is 0 Å². The van der Waals surface area contributed by atoms with E-state index in [1.54, 1.807) is 0 Å². The molecule has 0 aromatic rings. The largest absolute Gasteiger partial charge is 0.396 e. The summed E-state index contributed by atoms with van der Waals surface area (Å²) in [4.78, 5) is 0. The maximum Gasteiger partial charge on any atom is 0.0431 e. The molecule has 0 heterocycles. The highest BCUT2D eigenvalue weighted by Gasteiger charge is 1.88. The van der Waals surface area contributed by atoms with E-state index in [0.717, 1.165) is 6.42 Å². The van der Waals surface area contributed by atoms with Gasteiger partial charge in [0.25, 0.3) is 0 Å². The molecule has 0 aliphatic heterocycles. The molecule has 0 unspecified atom stereocenters. The molecule has 0 rings (SSSR count). The van der Waals surface area contributed by atoms with Crippen molar-refractivity contribution < 1.29 is 5.11 Å². The normalized spacial score (nSPS) is 9.27. The lowest BCUT2D eigenvalue weighted by Gasteiger charge is -1.97. The van der Waals surface area contributed by atoms with E-state index < -0.39 is 0 Å². The Labute approximate surface area is 70.6 Å². The lowest BCUT2D eigenvalue weighted by molar-refractivity contribution is 0.282. The standard InChI is InChI=1S/C9H20O.H3N/c1-2-3-4-5-6-7-8-9-10;/h10H,2-9H2,1H3;1H3. The van der Waals surface area contributed by atoms with E-state index in [0.29, 0.717) is 6.61 Å². The van der Waals surface area contributed by atoms with Gasteiger partial charge in [-0.25, -0.2) is 0 Å². The van der Waals surface area contributed by atoms with Gasteiger partial charge in [0, 0.05) is 6.61 Å². The van der Waals surface area contributed by atoms with Crippen LogP contribution in [0.15, 0.2) is 0 Å². The molecular weight excluding hydrogens is 138 g/mol. The Morgan fingerprint density at radius 1 is 0.818 bits per heavy atom. The molecule has 2 heteroatoms. The quantitative estimate of drug-likeness (QED) is 0.564. The van der Waals surface area contributed by atoms with Gasteiger partial charge in [0.1, 0.15) is 0 Å². The van der Waals surface area contributed by atoms with Crippen LogP contribution in [0.1, 0.15) is 51.9 Å². The number of aliphatic hydroxyl groups is 1. The Morgan fingerprint density at radius 3 is 1.73 bits per heavy atom. The first-order valence-electron chi connectivity index (χ1n) is 4.52. The van der Waals surface area contributed by atoms with E-state index in [1.807, 2.05) is 0 Å². The minimum atomic E-state index is 0. The maximum absolute atomic E-state index is 8.47. The second-order valence-corrected chi connectivity index (χ2v) is 2.84. The molecule has 0 saturated carbocycles.